The van der Waals surface area contributed by atoms with Crippen molar-refractivity contribution in [3.63, 3.8) is 0 Å². The second kappa shape index (κ2) is 7.21. The Morgan fingerprint density at radius 3 is 2.30 bits per heavy atom. The molecule has 1 aliphatic rings. The van der Waals surface area contributed by atoms with E-state index in [2.05, 4.69) is 15.3 Å². The summed E-state index contributed by atoms with van der Waals surface area (Å²) in [6, 6.07) is 4.17. The fraction of sp³-hybridized carbons (Fsp3) is 0.529. The summed E-state index contributed by atoms with van der Waals surface area (Å²) in [6.07, 6.45) is 7.47. The van der Waals surface area contributed by atoms with Gasteiger partial charge >= 0.3 is 0 Å². The third-order valence-corrected chi connectivity index (χ3v) is 4.54. The molecule has 5 nitrogen and oxygen atoms in total. The highest BCUT2D eigenvalue weighted by Gasteiger charge is 2.17. The first-order valence-corrected chi connectivity index (χ1v) is 8.45. The van der Waals surface area contributed by atoms with Gasteiger partial charge in [0.1, 0.15) is 5.82 Å². The molecule has 0 spiro atoms. The number of nitrogens with one attached hydrogen (secondary N) is 1. The molecule has 124 valence electrons. The lowest BCUT2D eigenvalue weighted by Crippen LogP contribution is -2.19. The smallest absolute Gasteiger partial charge is 0.224 e. The molecular formula is C17H22ClN3O2. The van der Waals surface area contributed by atoms with E-state index in [-0.39, 0.29) is 5.28 Å². The number of aromatic nitrogens is 2. The summed E-state index contributed by atoms with van der Waals surface area (Å²) in [5, 5.41) is 4.70. The van der Waals surface area contributed by atoms with Crippen molar-refractivity contribution in [1.82, 2.24) is 9.97 Å². The van der Waals surface area contributed by atoms with Gasteiger partial charge in [0.05, 0.1) is 19.7 Å². The van der Waals surface area contributed by atoms with E-state index in [0.29, 0.717) is 17.5 Å². The predicted octanol–water partition coefficient (Wildman–Crippen LogP) is 4.44. The second-order valence-electron chi connectivity index (χ2n) is 5.90. The average Bonchev–Trinajstić information content (AvgIpc) is 2.82. The van der Waals surface area contributed by atoms with Crippen molar-refractivity contribution in [3.05, 3.63) is 17.4 Å². The SMILES string of the molecule is COc1cc2nc(Cl)nc(NC3CCCCCC3)c2cc1OC. The van der Waals surface area contributed by atoms with E-state index in [4.69, 9.17) is 21.1 Å². The molecule has 1 aliphatic carbocycles. The quantitative estimate of drug-likeness (QED) is 0.661. The highest BCUT2D eigenvalue weighted by Crippen LogP contribution is 2.35. The maximum Gasteiger partial charge on any atom is 0.224 e. The number of nitrogens with zero attached hydrogens (tertiary/aromatic N) is 2. The van der Waals surface area contributed by atoms with Crippen molar-refractivity contribution in [2.75, 3.05) is 19.5 Å². The molecule has 6 heteroatoms. The highest BCUT2D eigenvalue weighted by molar-refractivity contribution is 6.28. The van der Waals surface area contributed by atoms with Crippen LogP contribution in [0.4, 0.5) is 5.82 Å². The zero-order valence-corrected chi connectivity index (χ0v) is 14.3. The van der Waals surface area contributed by atoms with Crippen LogP contribution in [-0.4, -0.2) is 30.2 Å². The van der Waals surface area contributed by atoms with Crippen LogP contribution in [0.1, 0.15) is 38.5 Å². The van der Waals surface area contributed by atoms with Crippen molar-refractivity contribution < 1.29 is 9.47 Å². The molecule has 2 aromatic rings. The lowest BCUT2D eigenvalue weighted by Gasteiger charge is -2.19. The fourth-order valence-electron chi connectivity index (χ4n) is 3.15. The summed E-state index contributed by atoms with van der Waals surface area (Å²) >= 11 is 6.11. The molecule has 1 aromatic carbocycles. The Balaban J connectivity index is 2.00. The molecule has 0 amide bonds. The number of anilines is 1. The number of fused-ring (bicyclic) bond motifs is 1. The molecule has 23 heavy (non-hydrogen) atoms. The second-order valence-corrected chi connectivity index (χ2v) is 6.24. The Labute approximate surface area is 141 Å². The normalized spacial score (nSPS) is 16.1. The van der Waals surface area contributed by atoms with E-state index in [1.54, 1.807) is 14.2 Å². The van der Waals surface area contributed by atoms with Gasteiger partial charge in [0.15, 0.2) is 11.5 Å². The Hall–Kier alpha value is -1.75. The van der Waals surface area contributed by atoms with Gasteiger partial charge in [0, 0.05) is 17.5 Å². The first-order chi connectivity index (χ1) is 11.2. The number of methoxy groups -OCH3 is 2. The van der Waals surface area contributed by atoms with Crippen LogP contribution in [0.15, 0.2) is 12.1 Å². The van der Waals surface area contributed by atoms with Gasteiger partial charge in [-0.2, -0.15) is 0 Å². The molecule has 1 aromatic heterocycles. The first kappa shape index (κ1) is 16.1. The zero-order chi connectivity index (χ0) is 16.2. The van der Waals surface area contributed by atoms with Gasteiger partial charge in [-0.1, -0.05) is 25.7 Å². The van der Waals surface area contributed by atoms with Crippen LogP contribution in [0.3, 0.4) is 0 Å². The number of rotatable bonds is 4. The van der Waals surface area contributed by atoms with Crippen LogP contribution in [0.5, 0.6) is 11.5 Å². The van der Waals surface area contributed by atoms with Gasteiger partial charge in [-0.05, 0) is 30.5 Å². The molecule has 1 fully saturated rings. The van der Waals surface area contributed by atoms with Gasteiger partial charge in [0.25, 0.3) is 0 Å². The summed E-state index contributed by atoms with van der Waals surface area (Å²) in [5.41, 5.74) is 0.749. The van der Waals surface area contributed by atoms with Gasteiger partial charge in [-0.15, -0.1) is 0 Å². The molecule has 1 N–H and O–H groups in total. The van der Waals surface area contributed by atoms with E-state index in [1.807, 2.05) is 12.1 Å². The maximum atomic E-state index is 6.11. The van der Waals surface area contributed by atoms with Crippen LogP contribution in [0.25, 0.3) is 10.9 Å². The molecule has 0 bridgehead atoms. The maximum absolute atomic E-state index is 6.11. The van der Waals surface area contributed by atoms with Gasteiger partial charge in [-0.3, -0.25) is 0 Å². The van der Waals surface area contributed by atoms with Gasteiger partial charge in [0.2, 0.25) is 5.28 Å². The number of hydrogen-bond donors (Lipinski definition) is 1. The molecule has 0 saturated heterocycles. The van der Waals surface area contributed by atoms with E-state index in [0.717, 1.165) is 29.6 Å². The Kier molecular flexibility index (Phi) is 5.06. The Bertz CT molecular complexity index is 685. The third-order valence-electron chi connectivity index (χ3n) is 4.37. The monoisotopic (exact) mass is 335 g/mol. The summed E-state index contributed by atoms with van der Waals surface area (Å²) < 4.78 is 10.7. The van der Waals surface area contributed by atoms with E-state index in [1.165, 1.54) is 25.7 Å². The predicted molar refractivity (Wildman–Crippen MR) is 92.8 cm³/mol. The van der Waals surface area contributed by atoms with Crippen molar-refractivity contribution in [3.8, 4) is 11.5 Å². The minimum absolute atomic E-state index is 0.237. The molecule has 1 heterocycles. The van der Waals surface area contributed by atoms with Crippen LogP contribution >= 0.6 is 11.6 Å². The van der Waals surface area contributed by atoms with Crippen molar-refractivity contribution in [2.24, 2.45) is 0 Å². The van der Waals surface area contributed by atoms with Crippen molar-refractivity contribution in [1.29, 1.82) is 0 Å². The Morgan fingerprint density at radius 1 is 1.00 bits per heavy atom. The van der Waals surface area contributed by atoms with E-state index >= 15 is 0 Å². The highest BCUT2D eigenvalue weighted by atomic mass is 35.5. The lowest BCUT2D eigenvalue weighted by atomic mass is 10.1. The largest absolute Gasteiger partial charge is 0.493 e. The van der Waals surface area contributed by atoms with Gasteiger partial charge in [-0.25, -0.2) is 9.97 Å². The molecule has 0 unspecified atom stereocenters. The molecule has 1 saturated carbocycles. The zero-order valence-electron chi connectivity index (χ0n) is 13.6. The minimum Gasteiger partial charge on any atom is -0.493 e. The van der Waals surface area contributed by atoms with Crippen molar-refractivity contribution in [2.45, 2.75) is 44.6 Å². The molecule has 0 aliphatic heterocycles. The standard InChI is InChI=1S/C17H22ClN3O2/c1-22-14-9-12-13(10-15(14)23-2)20-17(18)21-16(12)19-11-7-5-3-4-6-8-11/h9-11H,3-8H2,1-2H3,(H,19,20,21). The number of ether oxygens (including phenoxy) is 2. The van der Waals surface area contributed by atoms with Gasteiger partial charge < -0.3 is 14.8 Å². The lowest BCUT2D eigenvalue weighted by molar-refractivity contribution is 0.356. The summed E-state index contributed by atoms with van der Waals surface area (Å²) in [4.78, 5) is 8.71. The topological polar surface area (TPSA) is 56.3 Å². The number of halogens is 1. The number of benzene rings is 1. The summed E-state index contributed by atoms with van der Waals surface area (Å²) in [5.74, 6) is 2.07. The van der Waals surface area contributed by atoms with E-state index in [9.17, 15) is 0 Å². The molecule has 0 atom stereocenters. The van der Waals surface area contributed by atoms with Crippen molar-refractivity contribution >= 4 is 28.3 Å². The van der Waals surface area contributed by atoms with Crippen LogP contribution in [-0.2, 0) is 0 Å². The number of hydrogen-bond acceptors (Lipinski definition) is 5. The Morgan fingerprint density at radius 2 is 1.65 bits per heavy atom. The third kappa shape index (κ3) is 3.61. The summed E-state index contributed by atoms with van der Waals surface area (Å²) in [7, 11) is 3.23. The first-order valence-electron chi connectivity index (χ1n) is 8.07. The van der Waals surface area contributed by atoms with E-state index < -0.39 is 0 Å². The summed E-state index contributed by atoms with van der Waals surface area (Å²) in [6.45, 7) is 0. The molecule has 3 rings (SSSR count). The average molecular weight is 336 g/mol. The fourth-order valence-corrected chi connectivity index (χ4v) is 3.33. The van der Waals surface area contributed by atoms with Crippen LogP contribution in [0.2, 0.25) is 5.28 Å². The van der Waals surface area contributed by atoms with Crippen LogP contribution in [0, 0.1) is 0 Å². The molecular weight excluding hydrogens is 314 g/mol. The minimum atomic E-state index is 0.237. The molecule has 0 radical (unpaired) electrons. The van der Waals surface area contributed by atoms with Crippen LogP contribution < -0.4 is 14.8 Å².